The summed E-state index contributed by atoms with van der Waals surface area (Å²) in [7, 11) is 0. The normalized spacial score (nSPS) is 9.64. The maximum atomic E-state index is 12.4. The first kappa shape index (κ1) is 7.78. The second-order valence-corrected chi connectivity index (χ2v) is 1.94. The lowest BCUT2D eigenvalue weighted by Gasteiger charge is -2.03. The van der Waals surface area contributed by atoms with Crippen molar-refractivity contribution in [3.05, 3.63) is 24.0 Å². The van der Waals surface area contributed by atoms with E-state index < -0.39 is 12.7 Å². The maximum absolute atomic E-state index is 12.4. The summed E-state index contributed by atoms with van der Waals surface area (Å²) in [6.07, 6.45) is 0. The first-order valence-electron chi connectivity index (χ1n) is 2.98. The van der Waals surface area contributed by atoms with Gasteiger partial charge in [0, 0.05) is 6.07 Å². The van der Waals surface area contributed by atoms with Crippen molar-refractivity contribution in [3.8, 4) is 5.75 Å². The molecular formula is C7H7F2NO. The third kappa shape index (κ3) is 1.80. The van der Waals surface area contributed by atoms with E-state index in [2.05, 4.69) is 4.74 Å². The van der Waals surface area contributed by atoms with Crippen LogP contribution in [0.15, 0.2) is 18.2 Å². The summed E-state index contributed by atoms with van der Waals surface area (Å²) in [6.45, 7) is -0.962. The Morgan fingerprint density at radius 2 is 2.18 bits per heavy atom. The van der Waals surface area contributed by atoms with E-state index in [1.165, 1.54) is 6.07 Å². The molecule has 2 nitrogen and oxygen atoms in total. The first-order chi connectivity index (χ1) is 5.24. The van der Waals surface area contributed by atoms with Crippen molar-refractivity contribution in [1.82, 2.24) is 0 Å². The van der Waals surface area contributed by atoms with Gasteiger partial charge in [0.1, 0.15) is 11.6 Å². The van der Waals surface area contributed by atoms with Crippen LogP contribution in [-0.4, -0.2) is 6.86 Å². The molecule has 1 rings (SSSR count). The van der Waals surface area contributed by atoms with E-state index in [0.717, 1.165) is 12.1 Å². The second-order valence-electron chi connectivity index (χ2n) is 1.94. The SMILES string of the molecule is Nc1cc(F)ccc1OCF. The average Bonchev–Trinajstić information content (AvgIpc) is 1.95. The number of alkyl halides is 1. The minimum absolute atomic E-state index is 0.0997. The summed E-state index contributed by atoms with van der Waals surface area (Å²) in [5.41, 5.74) is 5.38. The minimum atomic E-state index is -0.962. The van der Waals surface area contributed by atoms with E-state index in [0.29, 0.717) is 0 Å². The molecule has 0 saturated heterocycles. The van der Waals surface area contributed by atoms with Crippen molar-refractivity contribution >= 4 is 5.69 Å². The molecule has 11 heavy (non-hydrogen) atoms. The molecule has 4 heteroatoms. The Balaban J connectivity index is 2.90. The molecule has 0 aliphatic heterocycles. The zero-order chi connectivity index (χ0) is 8.27. The predicted molar refractivity (Wildman–Crippen MR) is 37.4 cm³/mol. The summed E-state index contributed by atoms with van der Waals surface area (Å²) in [5, 5.41) is 0. The average molecular weight is 159 g/mol. The van der Waals surface area contributed by atoms with Crippen molar-refractivity contribution in [2.45, 2.75) is 0 Å². The number of benzene rings is 1. The van der Waals surface area contributed by atoms with Gasteiger partial charge in [-0.3, -0.25) is 0 Å². The lowest BCUT2D eigenvalue weighted by molar-refractivity contribution is 0.192. The standard InChI is InChI=1S/C7H7F2NO/c8-4-11-7-2-1-5(9)3-6(7)10/h1-3H,4,10H2. The number of hydrogen-bond acceptors (Lipinski definition) is 2. The van der Waals surface area contributed by atoms with E-state index in [4.69, 9.17) is 5.73 Å². The van der Waals surface area contributed by atoms with Gasteiger partial charge in [-0.15, -0.1) is 0 Å². The Labute approximate surface area is 62.6 Å². The fourth-order valence-corrected chi connectivity index (χ4v) is 0.710. The van der Waals surface area contributed by atoms with E-state index in [1.807, 2.05) is 0 Å². The summed E-state index contributed by atoms with van der Waals surface area (Å²) >= 11 is 0. The summed E-state index contributed by atoms with van der Waals surface area (Å²) < 4.78 is 28.4. The number of ether oxygens (including phenoxy) is 1. The molecule has 0 aliphatic rings. The molecule has 0 radical (unpaired) electrons. The Kier molecular flexibility index (Phi) is 2.25. The van der Waals surface area contributed by atoms with Crippen LogP contribution in [0.3, 0.4) is 0 Å². The zero-order valence-corrected chi connectivity index (χ0v) is 5.68. The fourth-order valence-electron chi connectivity index (χ4n) is 0.710. The number of rotatable bonds is 2. The molecule has 0 spiro atoms. The van der Waals surface area contributed by atoms with Gasteiger partial charge < -0.3 is 10.5 Å². The molecule has 1 aromatic carbocycles. The van der Waals surface area contributed by atoms with Crippen LogP contribution in [0, 0.1) is 5.82 Å². The highest BCUT2D eigenvalue weighted by Crippen LogP contribution is 2.21. The molecule has 0 saturated carbocycles. The first-order valence-corrected chi connectivity index (χ1v) is 2.98. The topological polar surface area (TPSA) is 35.2 Å². The van der Waals surface area contributed by atoms with Crippen molar-refractivity contribution in [1.29, 1.82) is 0 Å². The van der Waals surface area contributed by atoms with Gasteiger partial charge in [-0.1, -0.05) is 0 Å². The summed E-state index contributed by atoms with van der Waals surface area (Å²) in [4.78, 5) is 0. The van der Waals surface area contributed by atoms with Crippen molar-refractivity contribution in [2.75, 3.05) is 12.6 Å². The smallest absolute Gasteiger partial charge is 0.228 e. The predicted octanol–water partition coefficient (Wildman–Crippen LogP) is 1.71. The van der Waals surface area contributed by atoms with Crippen molar-refractivity contribution in [2.24, 2.45) is 0 Å². The van der Waals surface area contributed by atoms with Crippen LogP contribution < -0.4 is 10.5 Å². The number of hydrogen-bond donors (Lipinski definition) is 1. The third-order valence-electron chi connectivity index (χ3n) is 1.18. The van der Waals surface area contributed by atoms with Gasteiger partial charge in [0.2, 0.25) is 6.86 Å². The molecule has 0 bridgehead atoms. The van der Waals surface area contributed by atoms with Crippen molar-refractivity contribution in [3.63, 3.8) is 0 Å². The monoisotopic (exact) mass is 159 g/mol. The van der Waals surface area contributed by atoms with E-state index in [9.17, 15) is 8.78 Å². The summed E-state index contributed by atoms with van der Waals surface area (Å²) in [6, 6.07) is 3.51. The van der Waals surface area contributed by atoms with Crippen LogP contribution in [0.5, 0.6) is 5.75 Å². The van der Waals surface area contributed by atoms with Gasteiger partial charge in [-0.2, -0.15) is 0 Å². The Morgan fingerprint density at radius 1 is 1.45 bits per heavy atom. The van der Waals surface area contributed by atoms with Gasteiger partial charge in [0.05, 0.1) is 5.69 Å². The maximum Gasteiger partial charge on any atom is 0.228 e. The van der Waals surface area contributed by atoms with E-state index >= 15 is 0 Å². The van der Waals surface area contributed by atoms with Crippen LogP contribution in [0.2, 0.25) is 0 Å². The third-order valence-corrected chi connectivity index (χ3v) is 1.18. The van der Waals surface area contributed by atoms with E-state index in [1.54, 1.807) is 0 Å². The summed E-state index contributed by atoms with van der Waals surface area (Å²) in [5.74, 6) is -0.303. The molecule has 0 atom stereocenters. The quantitative estimate of drug-likeness (QED) is 0.666. The molecule has 0 heterocycles. The van der Waals surface area contributed by atoms with Crippen LogP contribution in [-0.2, 0) is 0 Å². The molecule has 2 N–H and O–H groups in total. The molecule has 0 unspecified atom stereocenters. The van der Waals surface area contributed by atoms with E-state index in [-0.39, 0.29) is 11.4 Å². The molecule has 0 aromatic heterocycles. The highest BCUT2D eigenvalue weighted by atomic mass is 19.1. The Morgan fingerprint density at radius 3 is 2.73 bits per heavy atom. The second kappa shape index (κ2) is 3.18. The van der Waals surface area contributed by atoms with Crippen LogP contribution in [0.1, 0.15) is 0 Å². The van der Waals surface area contributed by atoms with Gasteiger partial charge in [0.15, 0.2) is 0 Å². The van der Waals surface area contributed by atoms with Gasteiger partial charge in [0.25, 0.3) is 0 Å². The van der Waals surface area contributed by atoms with Crippen LogP contribution in [0.25, 0.3) is 0 Å². The van der Waals surface area contributed by atoms with Crippen molar-refractivity contribution < 1.29 is 13.5 Å². The molecule has 1 aromatic rings. The van der Waals surface area contributed by atoms with Crippen LogP contribution >= 0.6 is 0 Å². The fraction of sp³-hybridized carbons (Fsp3) is 0.143. The zero-order valence-electron chi connectivity index (χ0n) is 5.68. The minimum Gasteiger partial charge on any atom is -0.461 e. The molecule has 0 aliphatic carbocycles. The molecule has 0 fully saturated rings. The molecule has 0 amide bonds. The van der Waals surface area contributed by atoms with Gasteiger partial charge in [-0.05, 0) is 12.1 Å². The lowest BCUT2D eigenvalue weighted by atomic mass is 10.3. The number of halogens is 2. The number of nitrogens with two attached hydrogens (primary N) is 1. The Bertz CT molecular complexity index is 252. The molecular weight excluding hydrogens is 152 g/mol. The highest BCUT2D eigenvalue weighted by molar-refractivity contribution is 5.52. The molecule has 60 valence electrons. The van der Waals surface area contributed by atoms with Gasteiger partial charge >= 0.3 is 0 Å². The Hall–Kier alpha value is -1.32. The largest absolute Gasteiger partial charge is 0.461 e. The van der Waals surface area contributed by atoms with Crippen LogP contribution in [0.4, 0.5) is 14.5 Å². The van der Waals surface area contributed by atoms with Gasteiger partial charge in [-0.25, -0.2) is 8.78 Å². The number of nitrogen functional groups attached to an aromatic ring is 1. The number of anilines is 1. The highest BCUT2D eigenvalue weighted by Gasteiger charge is 2.00. The lowest BCUT2D eigenvalue weighted by Crippen LogP contribution is -1.95.